The molecule has 2 aromatic rings. The van der Waals surface area contributed by atoms with Crippen molar-refractivity contribution in [1.82, 2.24) is 10.3 Å². The Morgan fingerprint density at radius 1 is 1.30 bits per heavy atom. The zero-order valence-electron chi connectivity index (χ0n) is 14.0. The van der Waals surface area contributed by atoms with Gasteiger partial charge < -0.3 is 15.2 Å². The fraction of sp³-hybridized carbons (Fsp3) is 0.529. The molecule has 1 heterocycles. The first-order valence-electron chi connectivity index (χ1n) is 7.63. The normalized spacial score (nSPS) is 14.5. The van der Waals surface area contributed by atoms with Crippen LogP contribution in [-0.2, 0) is 11.2 Å². The molecule has 0 spiro atoms. The zero-order valence-corrected chi connectivity index (χ0v) is 14.9. The van der Waals surface area contributed by atoms with Crippen LogP contribution in [0.2, 0.25) is 0 Å². The molecule has 1 aromatic carbocycles. The quantitative estimate of drug-likeness (QED) is 0.878. The largest absolute Gasteiger partial charge is 0.444 e. The lowest BCUT2D eigenvalue weighted by molar-refractivity contribution is 0.0478. The Labute approximate surface area is 140 Å². The number of nitrogens with zero attached hydrogens (tertiary/aromatic N) is 1. The molecular formula is C17H24N2O3S. The van der Waals surface area contributed by atoms with Crippen molar-refractivity contribution in [2.75, 3.05) is 13.2 Å². The number of benzene rings is 1. The number of carbonyl (C=O) groups excluding carboxylic acids is 1. The third kappa shape index (κ3) is 5.18. The maximum absolute atomic E-state index is 11.8. The van der Waals surface area contributed by atoms with Gasteiger partial charge in [0, 0.05) is 18.4 Å². The van der Waals surface area contributed by atoms with Crippen LogP contribution in [-0.4, -0.2) is 34.9 Å². The summed E-state index contributed by atoms with van der Waals surface area (Å²) in [6.07, 6.45) is 0.125. The molecule has 6 heteroatoms. The number of aromatic nitrogens is 1. The second-order valence-corrected chi connectivity index (χ2v) is 8.19. The van der Waals surface area contributed by atoms with Gasteiger partial charge in [0.1, 0.15) is 5.60 Å². The van der Waals surface area contributed by atoms with Crippen LogP contribution in [0.5, 0.6) is 0 Å². The third-order valence-corrected chi connectivity index (χ3v) is 4.39. The second-order valence-electron chi connectivity index (χ2n) is 7.08. The summed E-state index contributed by atoms with van der Waals surface area (Å²) in [5, 5.41) is 13.4. The molecule has 0 bridgehead atoms. The van der Waals surface area contributed by atoms with E-state index in [2.05, 4.69) is 10.3 Å². The Balaban J connectivity index is 2.00. The molecule has 2 rings (SSSR count). The van der Waals surface area contributed by atoms with Crippen molar-refractivity contribution in [3.05, 3.63) is 29.3 Å². The van der Waals surface area contributed by atoms with E-state index in [9.17, 15) is 9.90 Å². The summed E-state index contributed by atoms with van der Waals surface area (Å²) < 4.78 is 6.36. The summed E-state index contributed by atoms with van der Waals surface area (Å²) in [5.74, 6) is 0. The average Bonchev–Trinajstić information content (AvgIpc) is 2.85. The smallest absolute Gasteiger partial charge is 0.407 e. The van der Waals surface area contributed by atoms with E-state index in [4.69, 9.17) is 4.74 Å². The number of para-hydroxylation sites is 1. The van der Waals surface area contributed by atoms with Crippen LogP contribution >= 0.6 is 11.3 Å². The SMILES string of the molecule is CC(CO)(CNC(=O)OC(C)(C)C)Cc1nc2ccccc2s1. The van der Waals surface area contributed by atoms with Gasteiger partial charge in [-0.1, -0.05) is 19.1 Å². The van der Waals surface area contributed by atoms with Crippen LogP contribution in [0.15, 0.2) is 24.3 Å². The molecule has 1 amide bonds. The van der Waals surface area contributed by atoms with Crippen molar-refractivity contribution >= 4 is 27.6 Å². The molecule has 0 aliphatic carbocycles. The minimum Gasteiger partial charge on any atom is -0.444 e. The molecule has 1 unspecified atom stereocenters. The summed E-state index contributed by atoms with van der Waals surface area (Å²) in [4.78, 5) is 16.4. The molecule has 0 radical (unpaired) electrons. The molecule has 0 aliphatic heterocycles. The molecule has 2 N–H and O–H groups in total. The van der Waals surface area contributed by atoms with E-state index in [0.717, 1.165) is 15.2 Å². The van der Waals surface area contributed by atoms with Gasteiger partial charge in [-0.25, -0.2) is 9.78 Å². The number of carbonyl (C=O) groups is 1. The van der Waals surface area contributed by atoms with Gasteiger partial charge in [-0.05, 0) is 32.9 Å². The van der Waals surface area contributed by atoms with Crippen LogP contribution in [0.1, 0.15) is 32.7 Å². The summed E-state index contributed by atoms with van der Waals surface area (Å²) >= 11 is 1.62. The fourth-order valence-corrected chi connectivity index (χ4v) is 3.32. The van der Waals surface area contributed by atoms with Crippen molar-refractivity contribution in [1.29, 1.82) is 0 Å². The summed E-state index contributed by atoms with van der Waals surface area (Å²) in [6.45, 7) is 7.67. The van der Waals surface area contributed by atoms with Crippen molar-refractivity contribution < 1.29 is 14.6 Å². The van der Waals surface area contributed by atoms with Gasteiger partial charge in [-0.2, -0.15) is 0 Å². The number of ether oxygens (including phenoxy) is 1. The minimum atomic E-state index is -0.535. The highest BCUT2D eigenvalue weighted by atomic mass is 32.1. The molecule has 5 nitrogen and oxygen atoms in total. The lowest BCUT2D eigenvalue weighted by atomic mass is 9.88. The number of aliphatic hydroxyl groups is 1. The predicted octanol–water partition coefficient (Wildman–Crippen LogP) is 3.36. The van der Waals surface area contributed by atoms with E-state index in [-0.39, 0.29) is 6.61 Å². The van der Waals surface area contributed by atoms with E-state index >= 15 is 0 Å². The van der Waals surface area contributed by atoms with Gasteiger partial charge in [0.05, 0.1) is 21.8 Å². The van der Waals surface area contributed by atoms with Gasteiger partial charge >= 0.3 is 6.09 Å². The first-order valence-corrected chi connectivity index (χ1v) is 8.45. The van der Waals surface area contributed by atoms with Gasteiger partial charge in [-0.15, -0.1) is 11.3 Å². The van der Waals surface area contributed by atoms with Crippen LogP contribution < -0.4 is 5.32 Å². The maximum Gasteiger partial charge on any atom is 0.407 e. The number of fused-ring (bicyclic) bond motifs is 1. The highest BCUT2D eigenvalue weighted by molar-refractivity contribution is 7.18. The molecule has 0 aliphatic rings. The van der Waals surface area contributed by atoms with Crippen molar-refractivity contribution in [2.45, 2.75) is 39.7 Å². The monoisotopic (exact) mass is 336 g/mol. The number of nitrogens with one attached hydrogen (secondary N) is 1. The molecule has 126 valence electrons. The van der Waals surface area contributed by atoms with E-state index in [1.54, 1.807) is 11.3 Å². The minimum absolute atomic E-state index is 0.0429. The Bertz CT molecular complexity index is 645. The standard InChI is InChI=1S/C17H24N2O3S/c1-16(2,3)22-15(21)18-10-17(4,11-20)9-14-19-12-7-5-6-8-13(12)23-14/h5-8,20H,9-11H2,1-4H3,(H,18,21). The van der Waals surface area contributed by atoms with Crippen LogP contribution in [0.3, 0.4) is 0 Å². The Morgan fingerprint density at radius 3 is 2.61 bits per heavy atom. The molecule has 1 aromatic heterocycles. The van der Waals surface area contributed by atoms with Crippen LogP contribution in [0, 0.1) is 5.41 Å². The highest BCUT2D eigenvalue weighted by Gasteiger charge is 2.27. The number of rotatable bonds is 5. The first-order chi connectivity index (χ1) is 10.7. The summed E-state index contributed by atoms with van der Waals surface area (Å²) in [7, 11) is 0. The number of aliphatic hydroxyl groups excluding tert-OH is 1. The number of hydrogen-bond donors (Lipinski definition) is 2. The van der Waals surface area contributed by atoms with E-state index in [1.165, 1.54) is 0 Å². The number of thiazole rings is 1. The fourth-order valence-electron chi connectivity index (χ4n) is 2.13. The summed E-state index contributed by atoms with van der Waals surface area (Å²) in [6, 6.07) is 7.96. The van der Waals surface area contributed by atoms with Gasteiger partial charge in [0.2, 0.25) is 0 Å². The van der Waals surface area contributed by atoms with Gasteiger partial charge in [0.25, 0.3) is 0 Å². The topological polar surface area (TPSA) is 71.5 Å². The van der Waals surface area contributed by atoms with Crippen molar-refractivity contribution in [3.8, 4) is 0 Å². The molecule has 0 saturated carbocycles. The van der Waals surface area contributed by atoms with Crippen molar-refractivity contribution in [2.24, 2.45) is 5.41 Å². The van der Waals surface area contributed by atoms with Gasteiger partial charge in [0.15, 0.2) is 0 Å². The Morgan fingerprint density at radius 2 is 2.00 bits per heavy atom. The molecular weight excluding hydrogens is 312 g/mol. The second kappa shape index (κ2) is 6.84. The van der Waals surface area contributed by atoms with E-state index < -0.39 is 17.1 Å². The number of alkyl carbamates (subject to hydrolysis) is 1. The van der Waals surface area contributed by atoms with E-state index in [1.807, 2.05) is 52.0 Å². The number of amides is 1. The zero-order chi connectivity index (χ0) is 17.1. The molecule has 23 heavy (non-hydrogen) atoms. The average molecular weight is 336 g/mol. The third-order valence-electron chi connectivity index (χ3n) is 3.36. The first kappa shape index (κ1) is 17.7. The Kier molecular flexibility index (Phi) is 5.26. The van der Waals surface area contributed by atoms with Crippen molar-refractivity contribution in [3.63, 3.8) is 0 Å². The predicted molar refractivity (Wildman–Crippen MR) is 92.8 cm³/mol. The number of hydrogen-bond acceptors (Lipinski definition) is 5. The van der Waals surface area contributed by atoms with Crippen LogP contribution in [0.25, 0.3) is 10.2 Å². The maximum atomic E-state index is 11.8. The Hall–Kier alpha value is -1.66. The highest BCUT2D eigenvalue weighted by Crippen LogP contribution is 2.28. The summed E-state index contributed by atoms with van der Waals surface area (Å²) in [5.41, 5.74) is -0.0507. The molecule has 1 atom stereocenters. The van der Waals surface area contributed by atoms with Crippen LogP contribution in [0.4, 0.5) is 4.79 Å². The molecule has 0 saturated heterocycles. The van der Waals surface area contributed by atoms with Gasteiger partial charge in [-0.3, -0.25) is 0 Å². The lowest BCUT2D eigenvalue weighted by Crippen LogP contribution is -2.41. The van der Waals surface area contributed by atoms with E-state index in [0.29, 0.717) is 13.0 Å². The molecule has 0 fully saturated rings. The lowest BCUT2D eigenvalue weighted by Gasteiger charge is -2.27.